The van der Waals surface area contributed by atoms with Crippen molar-refractivity contribution in [2.45, 2.75) is 26.4 Å². The summed E-state index contributed by atoms with van der Waals surface area (Å²) in [5.41, 5.74) is 5.12. The molecule has 0 bridgehead atoms. The van der Waals surface area contributed by atoms with Crippen LogP contribution in [0.3, 0.4) is 0 Å². The molecule has 2 atom stereocenters. The number of hydrogen-bond acceptors (Lipinski definition) is 2. The monoisotopic (exact) mass is 226 g/mol. The summed E-state index contributed by atoms with van der Waals surface area (Å²) in [6, 6.07) is 0. The second-order valence-corrected chi connectivity index (χ2v) is 4.21. The average Bonchev–Trinajstić information content (AvgIpc) is 2.12. The maximum absolute atomic E-state index is 12.4. The van der Waals surface area contributed by atoms with Gasteiger partial charge in [-0.15, -0.1) is 0 Å². The van der Waals surface area contributed by atoms with E-state index >= 15 is 0 Å². The Morgan fingerprint density at radius 2 is 1.80 bits per heavy atom. The molecule has 15 heavy (non-hydrogen) atoms. The van der Waals surface area contributed by atoms with Crippen molar-refractivity contribution in [3.8, 4) is 0 Å². The maximum Gasteiger partial charge on any atom is 0.394 e. The Kier molecular flexibility index (Phi) is 6.20. The average molecular weight is 226 g/mol. The van der Waals surface area contributed by atoms with E-state index in [0.717, 1.165) is 6.42 Å². The lowest BCUT2D eigenvalue weighted by Gasteiger charge is -2.26. The molecule has 0 saturated heterocycles. The number of rotatable bonds is 6. The largest absolute Gasteiger partial charge is 0.394 e. The zero-order valence-electron chi connectivity index (χ0n) is 9.64. The summed E-state index contributed by atoms with van der Waals surface area (Å²) >= 11 is 0. The van der Waals surface area contributed by atoms with Gasteiger partial charge >= 0.3 is 6.18 Å². The third-order valence-electron chi connectivity index (χ3n) is 2.60. The third-order valence-corrected chi connectivity index (χ3v) is 2.60. The van der Waals surface area contributed by atoms with Gasteiger partial charge in [-0.3, -0.25) is 0 Å². The molecule has 2 unspecified atom stereocenters. The molecule has 0 aliphatic carbocycles. The normalized spacial score (nSPS) is 16.8. The molecule has 5 heteroatoms. The number of alkyl halides is 3. The highest BCUT2D eigenvalue weighted by Gasteiger charge is 2.38. The van der Waals surface area contributed by atoms with Gasteiger partial charge in [0.25, 0.3) is 0 Å². The molecule has 0 aliphatic rings. The predicted octanol–water partition coefficient (Wildman–Crippen LogP) is 2.10. The van der Waals surface area contributed by atoms with Gasteiger partial charge in [0.2, 0.25) is 0 Å². The topological polar surface area (TPSA) is 29.3 Å². The van der Waals surface area contributed by atoms with Crippen LogP contribution in [-0.2, 0) is 0 Å². The first-order valence-electron chi connectivity index (χ1n) is 5.26. The van der Waals surface area contributed by atoms with Crippen LogP contribution < -0.4 is 5.73 Å². The molecule has 0 heterocycles. The summed E-state index contributed by atoms with van der Waals surface area (Å²) in [7, 11) is 1.71. The third kappa shape index (κ3) is 5.99. The Bertz CT molecular complexity index is 171. The molecule has 0 spiro atoms. The quantitative estimate of drug-likeness (QED) is 0.751. The lowest BCUT2D eigenvalue weighted by molar-refractivity contribution is -0.175. The zero-order valence-corrected chi connectivity index (χ0v) is 9.64. The van der Waals surface area contributed by atoms with Crippen LogP contribution in [0.25, 0.3) is 0 Å². The molecule has 0 rings (SSSR count). The molecular formula is C10H21F3N2. The smallest absolute Gasteiger partial charge is 0.330 e. The Hall–Kier alpha value is -0.290. The summed E-state index contributed by atoms with van der Waals surface area (Å²) in [5.74, 6) is -0.992. The minimum absolute atomic E-state index is 0.00958. The van der Waals surface area contributed by atoms with E-state index in [1.54, 1.807) is 11.9 Å². The van der Waals surface area contributed by atoms with Crippen molar-refractivity contribution in [3.05, 3.63) is 0 Å². The number of nitrogens with two attached hydrogens (primary N) is 1. The van der Waals surface area contributed by atoms with E-state index in [-0.39, 0.29) is 13.1 Å². The molecule has 0 aromatic carbocycles. The molecular weight excluding hydrogens is 205 g/mol. The van der Waals surface area contributed by atoms with Gasteiger partial charge in [0.05, 0.1) is 5.92 Å². The van der Waals surface area contributed by atoms with E-state index in [2.05, 4.69) is 0 Å². The lowest BCUT2D eigenvalue weighted by atomic mass is 10.1. The molecule has 0 amide bonds. The van der Waals surface area contributed by atoms with Gasteiger partial charge in [0.15, 0.2) is 0 Å². The van der Waals surface area contributed by atoms with Crippen LogP contribution >= 0.6 is 0 Å². The highest BCUT2D eigenvalue weighted by atomic mass is 19.4. The Labute approximate surface area is 89.6 Å². The first-order valence-corrected chi connectivity index (χ1v) is 5.26. The summed E-state index contributed by atoms with van der Waals surface area (Å²) < 4.78 is 37.2. The van der Waals surface area contributed by atoms with Gasteiger partial charge in [0.1, 0.15) is 0 Å². The van der Waals surface area contributed by atoms with E-state index in [0.29, 0.717) is 12.5 Å². The van der Waals surface area contributed by atoms with Crippen molar-refractivity contribution in [1.82, 2.24) is 4.90 Å². The molecule has 0 aromatic heterocycles. The van der Waals surface area contributed by atoms with Gasteiger partial charge < -0.3 is 10.6 Å². The Morgan fingerprint density at radius 1 is 1.27 bits per heavy atom. The molecule has 0 saturated carbocycles. The van der Waals surface area contributed by atoms with E-state index in [1.165, 1.54) is 0 Å². The summed E-state index contributed by atoms with van der Waals surface area (Å²) in [5, 5.41) is 0. The van der Waals surface area contributed by atoms with E-state index in [9.17, 15) is 13.2 Å². The fraction of sp³-hybridized carbons (Fsp3) is 1.00. The van der Waals surface area contributed by atoms with E-state index in [1.807, 2.05) is 13.8 Å². The van der Waals surface area contributed by atoms with Crippen molar-refractivity contribution in [2.24, 2.45) is 17.6 Å². The minimum Gasteiger partial charge on any atom is -0.330 e. The van der Waals surface area contributed by atoms with Crippen molar-refractivity contribution in [3.63, 3.8) is 0 Å². The fourth-order valence-electron chi connectivity index (χ4n) is 1.42. The van der Waals surface area contributed by atoms with E-state index < -0.39 is 12.1 Å². The van der Waals surface area contributed by atoms with Crippen molar-refractivity contribution < 1.29 is 13.2 Å². The Balaban J connectivity index is 4.07. The summed E-state index contributed by atoms with van der Waals surface area (Å²) in [6.45, 7) is 4.39. The highest BCUT2D eigenvalue weighted by molar-refractivity contribution is 4.72. The standard InChI is InChI=1S/C10H21F3N2/c1-4-8(2)6-15(3)7-9(5-14)10(11,12)13/h8-9H,4-7,14H2,1-3H3. The van der Waals surface area contributed by atoms with Crippen LogP contribution in [0.5, 0.6) is 0 Å². The first-order chi connectivity index (χ1) is 6.81. The SMILES string of the molecule is CCC(C)CN(C)CC(CN)C(F)(F)F. The molecule has 92 valence electrons. The van der Waals surface area contributed by atoms with Gasteiger partial charge in [-0.05, 0) is 13.0 Å². The van der Waals surface area contributed by atoms with Crippen LogP contribution in [0.4, 0.5) is 13.2 Å². The van der Waals surface area contributed by atoms with Crippen molar-refractivity contribution >= 4 is 0 Å². The molecule has 2 nitrogen and oxygen atoms in total. The molecule has 0 fully saturated rings. The second kappa shape index (κ2) is 6.33. The van der Waals surface area contributed by atoms with E-state index in [4.69, 9.17) is 5.73 Å². The Morgan fingerprint density at radius 3 is 2.13 bits per heavy atom. The molecule has 0 aromatic rings. The highest BCUT2D eigenvalue weighted by Crippen LogP contribution is 2.26. The van der Waals surface area contributed by atoms with Crippen LogP contribution in [0, 0.1) is 11.8 Å². The molecule has 0 radical (unpaired) electrons. The van der Waals surface area contributed by atoms with Gasteiger partial charge in [-0.1, -0.05) is 20.3 Å². The lowest BCUT2D eigenvalue weighted by Crippen LogP contribution is -2.40. The van der Waals surface area contributed by atoms with Crippen LogP contribution in [0.1, 0.15) is 20.3 Å². The molecule has 2 N–H and O–H groups in total. The van der Waals surface area contributed by atoms with Crippen LogP contribution in [-0.4, -0.2) is 37.8 Å². The minimum atomic E-state index is -4.18. The summed E-state index contributed by atoms with van der Waals surface area (Å²) in [4.78, 5) is 1.71. The van der Waals surface area contributed by atoms with Crippen LogP contribution in [0.2, 0.25) is 0 Å². The van der Waals surface area contributed by atoms with Gasteiger partial charge in [-0.2, -0.15) is 13.2 Å². The number of hydrogen-bond donors (Lipinski definition) is 1. The van der Waals surface area contributed by atoms with Crippen molar-refractivity contribution in [1.29, 1.82) is 0 Å². The first kappa shape index (κ1) is 14.7. The fourth-order valence-corrected chi connectivity index (χ4v) is 1.42. The second-order valence-electron chi connectivity index (χ2n) is 4.21. The van der Waals surface area contributed by atoms with Crippen molar-refractivity contribution in [2.75, 3.05) is 26.7 Å². The number of halogens is 3. The maximum atomic E-state index is 12.4. The van der Waals surface area contributed by atoms with Gasteiger partial charge in [-0.25, -0.2) is 0 Å². The predicted molar refractivity (Wildman–Crippen MR) is 55.6 cm³/mol. The zero-order chi connectivity index (χ0) is 12.1. The molecule has 0 aliphatic heterocycles. The summed E-state index contributed by atoms with van der Waals surface area (Å²) in [6.07, 6.45) is -3.21. The van der Waals surface area contributed by atoms with Crippen LogP contribution in [0.15, 0.2) is 0 Å². The number of nitrogens with zero attached hydrogens (tertiary/aromatic N) is 1. The van der Waals surface area contributed by atoms with Gasteiger partial charge in [0, 0.05) is 19.6 Å².